The summed E-state index contributed by atoms with van der Waals surface area (Å²) < 4.78 is 0. The molecule has 4 aromatic rings. The number of hydrogen-bond donors (Lipinski definition) is 1. The normalized spacial score (nSPS) is 10.9. The Kier molecular flexibility index (Phi) is 3.43. The van der Waals surface area contributed by atoms with Crippen molar-refractivity contribution < 1.29 is 0 Å². The first-order valence-electron chi connectivity index (χ1n) is 7.75. The molecule has 0 spiro atoms. The van der Waals surface area contributed by atoms with Gasteiger partial charge in [0.2, 0.25) is 0 Å². The highest BCUT2D eigenvalue weighted by Gasteiger charge is 2.13. The van der Waals surface area contributed by atoms with Crippen LogP contribution in [0.4, 0.5) is 0 Å². The Hall–Kier alpha value is -3.27. The van der Waals surface area contributed by atoms with Crippen LogP contribution < -0.4 is 5.43 Å². The van der Waals surface area contributed by atoms with Gasteiger partial charge in [-0.3, -0.25) is 4.79 Å². The fourth-order valence-electron chi connectivity index (χ4n) is 2.84. The standard InChI is InChI=1S/C20H15N3O/c1-13-21-19(15-10-6-3-7-11-15)18-17(24)12-16(23-20(18)22-13)14-8-4-2-5-9-14/h2-12H,1H3,(H,21,22,23,24). The van der Waals surface area contributed by atoms with Crippen LogP contribution in [0.1, 0.15) is 5.82 Å². The van der Waals surface area contributed by atoms with Gasteiger partial charge in [-0.2, -0.15) is 0 Å². The molecule has 2 aromatic carbocycles. The Morgan fingerprint density at radius 2 is 1.46 bits per heavy atom. The summed E-state index contributed by atoms with van der Waals surface area (Å²) >= 11 is 0. The maximum absolute atomic E-state index is 12.8. The Balaban J connectivity index is 2.03. The van der Waals surface area contributed by atoms with Crippen molar-refractivity contribution in [3.63, 3.8) is 0 Å². The molecule has 0 unspecified atom stereocenters. The maximum Gasteiger partial charge on any atom is 0.193 e. The summed E-state index contributed by atoms with van der Waals surface area (Å²) in [7, 11) is 0. The van der Waals surface area contributed by atoms with Crippen molar-refractivity contribution in [1.82, 2.24) is 15.0 Å². The molecule has 0 radical (unpaired) electrons. The number of benzene rings is 2. The van der Waals surface area contributed by atoms with Gasteiger partial charge in [0.25, 0.3) is 0 Å². The molecule has 116 valence electrons. The van der Waals surface area contributed by atoms with Crippen molar-refractivity contribution in [2.24, 2.45) is 0 Å². The lowest BCUT2D eigenvalue weighted by Gasteiger charge is -2.09. The van der Waals surface area contributed by atoms with Crippen molar-refractivity contribution in [3.05, 3.63) is 82.8 Å². The second-order valence-electron chi connectivity index (χ2n) is 5.62. The number of fused-ring (bicyclic) bond motifs is 1. The molecule has 0 bridgehead atoms. The number of nitrogens with one attached hydrogen (secondary N) is 1. The van der Waals surface area contributed by atoms with Gasteiger partial charge in [-0.25, -0.2) is 9.97 Å². The van der Waals surface area contributed by atoms with Crippen molar-refractivity contribution in [2.75, 3.05) is 0 Å². The lowest BCUT2D eigenvalue weighted by molar-refractivity contribution is 1.07. The zero-order valence-corrected chi connectivity index (χ0v) is 13.2. The van der Waals surface area contributed by atoms with Crippen molar-refractivity contribution in [1.29, 1.82) is 0 Å². The third kappa shape index (κ3) is 2.48. The molecule has 1 N–H and O–H groups in total. The minimum Gasteiger partial charge on any atom is -0.339 e. The molecule has 0 amide bonds. The molecule has 0 fully saturated rings. The van der Waals surface area contributed by atoms with Gasteiger partial charge in [-0.1, -0.05) is 60.7 Å². The van der Waals surface area contributed by atoms with Crippen LogP contribution in [0.25, 0.3) is 33.5 Å². The number of nitrogens with zero attached hydrogens (tertiary/aromatic N) is 2. The minimum atomic E-state index is -0.0820. The Bertz CT molecular complexity index is 1070. The van der Waals surface area contributed by atoms with E-state index in [1.54, 1.807) is 6.07 Å². The maximum atomic E-state index is 12.8. The van der Waals surface area contributed by atoms with E-state index in [-0.39, 0.29) is 5.43 Å². The van der Waals surface area contributed by atoms with Crippen LogP contribution in [0.15, 0.2) is 71.5 Å². The van der Waals surface area contributed by atoms with Crippen LogP contribution >= 0.6 is 0 Å². The summed E-state index contributed by atoms with van der Waals surface area (Å²) in [6.07, 6.45) is 0. The van der Waals surface area contributed by atoms with Gasteiger partial charge >= 0.3 is 0 Å². The summed E-state index contributed by atoms with van der Waals surface area (Å²) in [6, 6.07) is 21.1. The third-order valence-corrected chi connectivity index (χ3v) is 3.93. The smallest absolute Gasteiger partial charge is 0.193 e. The summed E-state index contributed by atoms with van der Waals surface area (Å²) in [5.74, 6) is 0.627. The van der Waals surface area contributed by atoms with E-state index in [4.69, 9.17) is 0 Å². The van der Waals surface area contributed by atoms with E-state index in [2.05, 4.69) is 15.0 Å². The molecule has 0 atom stereocenters. The summed E-state index contributed by atoms with van der Waals surface area (Å²) in [5.41, 5.74) is 3.76. The molecule has 0 aliphatic carbocycles. The first kappa shape index (κ1) is 14.3. The summed E-state index contributed by atoms with van der Waals surface area (Å²) in [4.78, 5) is 25.0. The predicted molar refractivity (Wildman–Crippen MR) is 95.8 cm³/mol. The molecule has 0 aliphatic heterocycles. The average molecular weight is 313 g/mol. The summed E-state index contributed by atoms with van der Waals surface area (Å²) in [6.45, 7) is 1.83. The van der Waals surface area contributed by atoms with Crippen LogP contribution in [0.2, 0.25) is 0 Å². The number of pyridine rings is 1. The highest BCUT2D eigenvalue weighted by molar-refractivity contribution is 5.91. The molecule has 2 aromatic heterocycles. The molecule has 4 heteroatoms. The molecule has 0 aliphatic rings. The SMILES string of the molecule is Cc1nc(-c2ccccc2)c2c(=O)cc(-c3ccccc3)[nH]c2n1. The third-order valence-electron chi connectivity index (χ3n) is 3.93. The highest BCUT2D eigenvalue weighted by Crippen LogP contribution is 2.24. The second kappa shape index (κ2) is 5.74. The second-order valence-corrected chi connectivity index (χ2v) is 5.62. The highest BCUT2D eigenvalue weighted by atomic mass is 16.1. The van der Waals surface area contributed by atoms with Crippen molar-refractivity contribution in [3.8, 4) is 22.5 Å². The molecule has 0 saturated carbocycles. The van der Waals surface area contributed by atoms with Gasteiger partial charge < -0.3 is 4.98 Å². The lowest BCUT2D eigenvalue weighted by Crippen LogP contribution is -2.08. The molecule has 4 nitrogen and oxygen atoms in total. The largest absolute Gasteiger partial charge is 0.339 e. The van der Waals surface area contributed by atoms with Crippen LogP contribution in [0, 0.1) is 6.92 Å². The van der Waals surface area contributed by atoms with E-state index in [9.17, 15) is 4.79 Å². The van der Waals surface area contributed by atoms with Gasteiger partial charge in [0.05, 0.1) is 16.8 Å². The van der Waals surface area contributed by atoms with Gasteiger partial charge in [-0.15, -0.1) is 0 Å². The number of aromatic amines is 1. The fourth-order valence-corrected chi connectivity index (χ4v) is 2.84. The number of aryl methyl sites for hydroxylation is 1. The fraction of sp³-hybridized carbons (Fsp3) is 0.0500. The van der Waals surface area contributed by atoms with Crippen molar-refractivity contribution >= 4 is 11.0 Å². The minimum absolute atomic E-state index is 0.0820. The Morgan fingerprint density at radius 3 is 2.12 bits per heavy atom. The van der Waals surface area contributed by atoms with E-state index >= 15 is 0 Å². The summed E-state index contributed by atoms with van der Waals surface area (Å²) in [5, 5.41) is 0.520. The first-order valence-corrected chi connectivity index (χ1v) is 7.75. The number of hydrogen-bond acceptors (Lipinski definition) is 3. The number of H-pyrrole nitrogens is 1. The van der Waals surface area contributed by atoms with Crippen LogP contribution in [0.3, 0.4) is 0 Å². The number of aromatic nitrogens is 3. The zero-order chi connectivity index (χ0) is 16.5. The molecule has 0 saturated heterocycles. The van der Waals surface area contributed by atoms with Gasteiger partial charge in [0.1, 0.15) is 11.5 Å². The molecule has 4 rings (SSSR count). The van der Waals surface area contributed by atoms with E-state index in [0.717, 1.165) is 16.8 Å². The van der Waals surface area contributed by atoms with Gasteiger partial charge in [-0.05, 0) is 12.5 Å². The predicted octanol–water partition coefficient (Wildman–Crippen LogP) is 3.96. The van der Waals surface area contributed by atoms with E-state index in [1.165, 1.54) is 0 Å². The average Bonchev–Trinajstić information content (AvgIpc) is 2.62. The van der Waals surface area contributed by atoms with Gasteiger partial charge in [0, 0.05) is 11.6 Å². The zero-order valence-electron chi connectivity index (χ0n) is 13.2. The van der Waals surface area contributed by atoms with Crippen molar-refractivity contribution in [2.45, 2.75) is 6.92 Å². The lowest BCUT2D eigenvalue weighted by atomic mass is 10.1. The van der Waals surface area contributed by atoms with E-state index < -0.39 is 0 Å². The van der Waals surface area contributed by atoms with E-state index in [0.29, 0.717) is 22.6 Å². The molecule has 2 heterocycles. The first-order chi connectivity index (χ1) is 11.7. The Labute approximate surface area is 138 Å². The van der Waals surface area contributed by atoms with Gasteiger partial charge in [0.15, 0.2) is 5.43 Å². The quantitative estimate of drug-likeness (QED) is 0.609. The Morgan fingerprint density at radius 1 is 0.833 bits per heavy atom. The molecular weight excluding hydrogens is 298 g/mol. The monoisotopic (exact) mass is 313 g/mol. The van der Waals surface area contributed by atoms with E-state index in [1.807, 2.05) is 67.6 Å². The molecule has 24 heavy (non-hydrogen) atoms. The number of rotatable bonds is 2. The van der Waals surface area contributed by atoms with Crippen LogP contribution in [-0.2, 0) is 0 Å². The van der Waals surface area contributed by atoms with Crippen LogP contribution in [0.5, 0.6) is 0 Å². The molecular formula is C20H15N3O. The van der Waals surface area contributed by atoms with Crippen LogP contribution in [-0.4, -0.2) is 15.0 Å². The topological polar surface area (TPSA) is 58.6 Å².